The van der Waals surface area contributed by atoms with E-state index >= 15 is 0 Å². The molecule has 27 heavy (non-hydrogen) atoms. The number of imidazole rings is 1. The predicted molar refractivity (Wildman–Crippen MR) is 105 cm³/mol. The average Bonchev–Trinajstić information content (AvgIpc) is 3.00. The van der Waals surface area contributed by atoms with Gasteiger partial charge in [-0.05, 0) is 17.7 Å². The van der Waals surface area contributed by atoms with Gasteiger partial charge in [0.15, 0.2) is 11.2 Å². The first-order valence-corrected chi connectivity index (χ1v) is 8.18. The Morgan fingerprint density at radius 1 is 1.30 bits per heavy atom. The van der Waals surface area contributed by atoms with E-state index in [0.717, 1.165) is 15.9 Å². The number of rotatable bonds is 6. The quantitative estimate of drug-likeness (QED) is 0.399. The molecule has 0 radical (unpaired) electrons. The van der Waals surface area contributed by atoms with E-state index in [9.17, 15) is 9.59 Å². The number of ether oxygens (including phenoxy) is 1. The molecule has 2 aromatic heterocycles. The molecule has 0 aliphatic carbocycles. The standard InChI is InChI=1S/C18H20N6O3/c1-5-9-24-16(25)14-15(23(3)18(24)26)20-17(22(14)2)21-19-11-12-7-6-8-13(10-12)27-4/h5-8,10-11H,1,9H2,2-4H3,(H,20,21). The lowest BCUT2D eigenvalue weighted by molar-refractivity contribution is 0.415. The second-order valence-corrected chi connectivity index (χ2v) is 5.86. The molecular formula is C18H20N6O3. The van der Waals surface area contributed by atoms with E-state index in [1.165, 1.54) is 10.6 Å². The van der Waals surface area contributed by atoms with E-state index in [2.05, 4.69) is 22.1 Å². The van der Waals surface area contributed by atoms with Crippen molar-refractivity contribution in [1.29, 1.82) is 0 Å². The topological polar surface area (TPSA) is 95.4 Å². The maximum atomic E-state index is 12.7. The number of aromatic nitrogens is 4. The molecule has 3 aromatic rings. The Hall–Kier alpha value is -3.62. The summed E-state index contributed by atoms with van der Waals surface area (Å²) in [5.41, 5.74) is 3.36. The number of nitrogens with one attached hydrogen (secondary N) is 1. The number of anilines is 1. The molecule has 1 N–H and O–H groups in total. The third-order valence-corrected chi connectivity index (χ3v) is 4.14. The van der Waals surface area contributed by atoms with E-state index in [1.807, 2.05) is 24.3 Å². The van der Waals surface area contributed by atoms with Crippen molar-refractivity contribution >= 4 is 23.3 Å². The van der Waals surface area contributed by atoms with Gasteiger partial charge in [-0.2, -0.15) is 10.1 Å². The van der Waals surface area contributed by atoms with Crippen LogP contribution in [0.3, 0.4) is 0 Å². The van der Waals surface area contributed by atoms with Gasteiger partial charge in [0.25, 0.3) is 5.56 Å². The molecule has 0 unspecified atom stereocenters. The van der Waals surface area contributed by atoms with Gasteiger partial charge in [0.1, 0.15) is 5.75 Å². The van der Waals surface area contributed by atoms with E-state index in [1.54, 1.807) is 32.0 Å². The van der Waals surface area contributed by atoms with E-state index in [4.69, 9.17) is 4.74 Å². The predicted octanol–water partition coefficient (Wildman–Crippen LogP) is 1.07. The first-order valence-electron chi connectivity index (χ1n) is 8.18. The van der Waals surface area contributed by atoms with E-state index in [0.29, 0.717) is 11.5 Å². The molecule has 2 heterocycles. The van der Waals surface area contributed by atoms with Crippen LogP contribution in [0.4, 0.5) is 5.95 Å². The summed E-state index contributed by atoms with van der Waals surface area (Å²) in [5.74, 6) is 1.06. The van der Waals surface area contributed by atoms with Crippen molar-refractivity contribution in [3.63, 3.8) is 0 Å². The molecule has 0 atom stereocenters. The summed E-state index contributed by atoms with van der Waals surface area (Å²) in [6.07, 6.45) is 3.11. The van der Waals surface area contributed by atoms with Crippen LogP contribution in [0.25, 0.3) is 11.2 Å². The number of benzene rings is 1. The van der Waals surface area contributed by atoms with Crippen molar-refractivity contribution in [3.8, 4) is 5.75 Å². The normalized spacial score (nSPS) is 11.2. The SMILES string of the molecule is C=CCn1c(=O)c2c(nc(NN=Cc3cccc(OC)c3)n2C)n(C)c1=O. The number of allylic oxidation sites excluding steroid dienone is 1. The zero-order valence-corrected chi connectivity index (χ0v) is 15.3. The molecule has 140 valence electrons. The summed E-state index contributed by atoms with van der Waals surface area (Å²) in [6.45, 7) is 3.71. The fourth-order valence-corrected chi connectivity index (χ4v) is 2.72. The molecule has 0 saturated heterocycles. The van der Waals surface area contributed by atoms with Crippen molar-refractivity contribution in [2.75, 3.05) is 12.5 Å². The highest BCUT2D eigenvalue weighted by molar-refractivity contribution is 5.81. The van der Waals surface area contributed by atoms with Crippen LogP contribution in [0.2, 0.25) is 0 Å². The summed E-state index contributed by atoms with van der Waals surface area (Å²) in [7, 11) is 4.85. The third kappa shape index (κ3) is 3.26. The van der Waals surface area contributed by atoms with E-state index in [-0.39, 0.29) is 12.2 Å². The van der Waals surface area contributed by atoms with Gasteiger partial charge in [-0.3, -0.25) is 13.9 Å². The van der Waals surface area contributed by atoms with E-state index < -0.39 is 11.2 Å². The molecule has 9 heteroatoms. The summed E-state index contributed by atoms with van der Waals surface area (Å²) in [6, 6.07) is 7.40. The minimum atomic E-state index is -0.447. The summed E-state index contributed by atoms with van der Waals surface area (Å²) >= 11 is 0. The smallest absolute Gasteiger partial charge is 0.332 e. The van der Waals surface area contributed by atoms with Gasteiger partial charge in [-0.25, -0.2) is 10.2 Å². The van der Waals surface area contributed by atoms with Gasteiger partial charge in [-0.15, -0.1) is 6.58 Å². The zero-order valence-electron chi connectivity index (χ0n) is 15.3. The number of hydrogen-bond donors (Lipinski definition) is 1. The molecule has 0 fully saturated rings. The minimum Gasteiger partial charge on any atom is -0.497 e. The van der Waals surface area contributed by atoms with Crippen LogP contribution in [0.1, 0.15) is 5.56 Å². The fourth-order valence-electron chi connectivity index (χ4n) is 2.72. The Balaban J connectivity index is 2.00. The van der Waals surface area contributed by atoms with Crippen LogP contribution < -0.4 is 21.4 Å². The highest BCUT2D eigenvalue weighted by atomic mass is 16.5. The van der Waals surface area contributed by atoms with Crippen LogP contribution in [0.15, 0.2) is 51.6 Å². The molecule has 0 aliphatic rings. The number of nitrogens with zero attached hydrogens (tertiary/aromatic N) is 5. The summed E-state index contributed by atoms with van der Waals surface area (Å²) in [5, 5.41) is 4.16. The molecule has 1 aromatic carbocycles. The van der Waals surface area contributed by atoms with Crippen molar-refractivity contribution in [1.82, 2.24) is 18.7 Å². The number of hydrazone groups is 1. The molecule has 0 bridgehead atoms. The molecular weight excluding hydrogens is 348 g/mol. The average molecular weight is 368 g/mol. The second-order valence-electron chi connectivity index (χ2n) is 5.86. The summed E-state index contributed by atoms with van der Waals surface area (Å²) in [4.78, 5) is 29.3. The minimum absolute atomic E-state index is 0.128. The van der Waals surface area contributed by atoms with Gasteiger partial charge in [0.2, 0.25) is 5.95 Å². The van der Waals surface area contributed by atoms with Gasteiger partial charge in [0, 0.05) is 20.6 Å². The zero-order chi connectivity index (χ0) is 19.6. The van der Waals surface area contributed by atoms with Gasteiger partial charge < -0.3 is 9.30 Å². The first kappa shape index (κ1) is 18.2. The van der Waals surface area contributed by atoms with Crippen molar-refractivity contribution < 1.29 is 4.74 Å². The Morgan fingerprint density at radius 3 is 2.78 bits per heavy atom. The molecule has 9 nitrogen and oxygen atoms in total. The summed E-state index contributed by atoms with van der Waals surface area (Å²) < 4.78 is 9.18. The van der Waals surface area contributed by atoms with Gasteiger partial charge >= 0.3 is 5.69 Å². The second kappa shape index (κ2) is 7.32. The highest BCUT2D eigenvalue weighted by Gasteiger charge is 2.17. The van der Waals surface area contributed by atoms with Crippen LogP contribution in [0, 0.1) is 0 Å². The van der Waals surface area contributed by atoms with Crippen molar-refractivity contribution in [2.24, 2.45) is 19.2 Å². The number of methoxy groups -OCH3 is 1. The van der Waals surface area contributed by atoms with Crippen molar-refractivity contribution in [3.05, 3.63) is 63.3 Å². The Bertz CT molecular complexity index is 1150. The van der Waals surface area contributed by atoms with Gasteiger partial charge in [-0.1, -0.05) is 18.2 Å². The molecule has 0 aliphatic heterocycles. The lowest BCUT2D eigenvalue weighted by Crippen LogP contribution is -2.39. The number of hydrogen-bond acceptors (Lipinski definition) is 6. The van der Waals surface area contributed by atoms with Crippen LogP contribution in [0.5, 0.6) is 5.75 Å². The van der Waals surface area contributed by atoms with Crippen molar-refractivity contribution in [2.45, 2.75) is 6.54 Å². The largest absolute Gasteiger partial charge is 0.497 e. The fraction of sp³-hybridized carbons (Fsp3) is 0.222. The molecule has 0 amide bonds. The lowest BCUT2D eigenvalue weighted by Gasteiger charge is -2.06. The molecule has 0 spiro atoms. The maximum absolute atomic E-state index is 12.7. The number of aryl methyl sites for hydroxylation is 2. The first-order chi connectivity index (χ1) is 13.0. The third-order valence-electron chi connectivity index (χ3n) is 4.14. The maximum Gasteiger partial charge on any atom is 0.332 e. The highest BCUT2D eigenvalue weighted by Crippen LogP contribution is 2.14. The Morgan fingerprint density at radius 2 is 2.07 bits per heavy atom. The number of fused-ring (bicyclic) bond motifs is 1. The lowest BCUT2D eigenvalue weighted by atomic mass is 10.2. The Labute approximate surface area is 154 Å². The Kier molecular flexibility index (Phi) is 4.93. The molecule has 0 saturated carbocycles. The molecule has 3 rings (SSSR count). The van der Waals surface area contributed by atoms with Crippen LogP contribution in [-0.2, 0) is 20.6 Å². The monoisotopic (exact) mass is 368 g/mol. The van der Waals surface area contributed by atoms with Crippen LogP contribution >= 0.6 is 0 Å². The van der Waals surface area contributed by atoms with Crippen LogP contribution in [-0.4, -0.2) is 32.0 Å². The van der Waals surface area contributed by atoms with Gasteiger partial charge in [0.05, 0.1) is 13.3 Å².